The average Bonchev–Trinajstić information content (AvgIpc) is 3.22. The molecule has 8 heteroatoms. The molecule has 2 amide bonds. The van der Waals surface area contributed by atoms with E-state index in [1.165, 1.54) is 35.5 Å². The number of amides is 2. The summed E-state index contributed by atoms with van der Waals surface area (Å²) in [6.45, 7) is 0.500. The number of nitrogens with zero attached hydrogens (tertiary/aromatic N) is 1. The zero-order valence-electron chi connectivity index (χ0n) is 13.4. The van der Waals surface area contributed by atoms with Gasteiger partial charge in [0, 0.05) is 35.0 Å². The van der Waals surface area contributed by atoms with Gasteiger partial charge in [-0.25, -0.2) is 9.18 Å². The molecule has 2 heterocycles. The number of hydrogen-bond acceptors (Lipinski definition) is 5. The van der Waals surface area contributed by atoms with Gasteiger partial charge in [0.1, 0.15) is 5.82 Å². The Morgan fingerprint density at radius 1 is 1.28 bits per heavy atom. The standard InChI is InChI=1S/C17H15FN2O4S/c1-24-17(23)13-8-25-9-14(13)19-16(22)10-5-11(18)7-12(6-10)20-4-2-3-15(20)21/h5-9H,2-4H2,1H3,(H,19,22). The van der Waals surface area contributed by atoms with Gasteiger partial charge in [-0.15, -0.1) is 11.3 Å². The lowest BCUT2D eigenvalue weighted by Crippen LogP contribution is -2.24. The quantitative estimate of drug-likeness (QED) is 0.848. The van der Waals surface area contributed by atoms with Crippen molar-refractivity contribution < 1.29 is 23.5 Å². The van der Waals surface area contributed by atoms with E-state index >= 15 is 0 Å². The molecule has 1 saturated heterocycles. The summed E-state index contributed by atoms with van der Waals surface area (Å²) in [4.78, 5) is 37.4. The second kappa shape index (κ2) is 7.02. The van der Waals surface area contributed by atoms with Crippen LogP contribution < -0.4 is 10.2 Å². The number of methoxy groups -OCH3 is 1. The van der Waals surface area contributed by atoms with E-state index in [0.717, 1.165) is 6.07 Å². The van der Waals surface area contributed by atoms with Crippen LogP contribution in [-0.4, -0.2) is 31.4 Å². The third-order valence-corrected chi connectivity index (χ3v) is 4.59. The molecule has 0 atom stereocenters. The fourth-order valence-corrected chi connectivity index (χ4v) is 3.39. The molecule has 0 saturated carbocycles. The summed E-state index contributed by atoms with van der Waals surface area (Å²) >= 11 is 1.23. The van der Waals surface area contributed by atoms with Crippen molar-refractivity contribution in [1.82, 2.24) is 0 Å². The zero-order valence-corrected chi connectivity index (χ0v) is 14.2. The highest BCUT2D eigenvalue weighted by atomic mass is 32.1. The normalized spacial score (nSPS) is 13.8. The Labute approximate surface area is 147 Å². The van der Waals surface area contributed by atoms with Crippen molar-refractivity contribution in [1.29, 1.82) is 0 Å². The third kappa shape index (κ3) is 3.53. The molecular formula is C17H15FN2O4S. The van der Waals surface area contributed by atoms with Crippen LogP contribution in [0.3, 0.4) is 0 Å². The van der Waals surface area contributed by atoms with E-state index in [1.807, 2.05) is 0 Å². The van der Waals surface area contributed by atoms with Gasteiger partial charge >= 0.3 is 5.97 Å². The number of benzene rings is 1. The van der Waals surface area contributed by atoms with E-state index < -0.39 is 17.7 Å². The molecular weight excluding hydrogens is 347 g/mol. The SMILES string of the molecule is COC(=O)c1cscc1NC(=O)c1cc(F)cc(N2CCCC2=O)c1. The van der Waals surface area contributed by atoms with Crippen LogP contribution in [0.5, 0.6) is 0 Å². The Morgan fingerprint density at radius 3 is 2.76 bits per heavy atom. The van der Waals surface area contributed by atoms with E-state index in [-0.39, 0.29) is 17.0 Å². The van der Waals surface area contributed by atoms with Crippen molar-refractivity contribution in [3.63, 3.8) is 0 Å². The highest BCUT2D eigenvalue weighted by Gasteiger charge is 2.24. The van der Waals surface area contributed by atoms with Crippen molar-refractivity contribution in [3.05, 3.63) is 45.9 Å². The second-order valence-electron chi connectivity index (χ2n) is 5.49. The lowest BCUT2D eigenvalue weighted by atomic mass is 10.1. The van der Waals surface area contributed by atoms with Gasteiger partial charge in [-0.3, -0.25) is 9.59 Å². The fourth-order valence-electron chi connectivity index (χ4n) is 2.64. The van der Waals surface area contributed by atoms with Crippen molar-refractivity contribution >= 4 is 40.5 Å². The summed E-state index contributed by atoms with van der Waals surface area (Å²) in [7, 11) is 1.25. The number of carbonyl (C=O) groups is 3. The van der Waals surface area contributed by atoms with Gasteiger partial charge < -0.3 is 15.0 Å². The molecule has 1 aromatic heterocycles. The topological polar surface area (TPSA) is 75.7 Å². The highest BCUT2D eigenvalue weighted by Crippen LogP contribution is 2.26. The van der Waals surface area contributed by atoms with E-state index in [2.05, 4.69) is 10.1 Å². The summed E-state index contributed by atoms with van der Waals surface area (Å²) in [6.07, 6.45) is 1.11. The minimum absolute atomic E-state index is 0.0664. The Bertz CT molecular complexity index is 849. The molecule has 6 nitrogen and oxygen atoms in total. The molecule has 1 N–H and O–H groups in total. The Balaban J connectivity index is 1.85. The lowest BCUT2D eigenvalue weighted by molar-refractivity contribution is -0.117. The smallest absolute Gasteiger partial charge is 0.340 e. The largest absolute Gasteiger partial charge is 0.465 e. The van der Waals surface area contributed by atoms with Gasteiger partial charge in [-0.2, -0.15) is 0 Å². The summed E-state index contributed by atoms with van der Waals surface area (Å²) in [5.74, 6) is -1.85. The van der Waals surface area contributed by atoms with Crippen LogP contribution in [0, 0.1) is 5.82 Å². The summed E-state index contributed by atoms with van der Waals surface area (Å²) in [5, 5.41) is 5.73. The maximum absolute atomic E-state index is 13.9. The summed E-state index contributed by atoms with van der Waals surface area (Å²) < 4.78 is 18.6. The van der Waals surface area contributed by atoms with Gasteiger partial charge in [0.15, 0.2) is 0 Å². The van der Waals surface area contributed by atoms with Crippen molar-refractivity contribution in [2.24, 2.45) is 0 Å². The summed E-state index contributed by atoms with van der Waals surface area (Å²) in [5.41, 5.74) is 0.944. The predicted octanol–water partition coefficient (Wildman–Crippen LogP) is 3.05. The fraction of sp³-hybridized carbons (Fsp3) is 0.235. The first-order chi connectivity index (χ1) is 12.0. The number of anilines is 2. The molecule has 25 heavy (non-hydrogen) atoms. The Hall–Kier alpha value is -2.74. The van der Waals surface area contributed by atoms with Crippen LogP contribution >= 0.6 is 11.3 Å². The number of nitrogens with one attached hydrogen (secondary N) is 1. The van der Waals surface area contributed by atoms with Gasteiger partial charge in [0.25, 0.3) is 5.91 Å². The third-order valence-electron chi connectivity index (χ3n) is 3.85. The van der Waals surface area contributed by atoms with Crippen LogP contribution in [0.4, 0.5) is 15.8 Å². The molecule has 0 spiro atoms. The van der Waals surface area contributed by atoms with Crippen molar-refractivity contribution in [2.75, 3.05) is 23.9 Å². The number of rotatable bonds is 4. The second-order valence-corrected chi connectivity index (χ2v) is 6.24. The van der Waals surface area contributed by atoms with Crippen LogP contribution in [-0.2, 0) is 9.53 Å². The van der Waals surface area contributed by atoms with Crippen LogP contribution in [0.25, 0.3) is 0 Å². The molecule has 0 radical (unpaired) electrons. The average molecular weight is 362 g/mol. The molecule has 0 bridgehead atoms. The number of thiophene rings is 1. The zero-order chi connectivity index (χ0) is 18.0. The number of carbonyl (C=O) groups excluding carboxylic acids is 3. The number of halogens is 1. The summed E-state index contributed by atoms with van der Waals surface area (Å²) in [6, 6.07) is 3.78. The van der Waals surface area contributed by atoms with Crippen molar-refractivity contribution in [3.8, 4) is 0 Å². The van der Waals surface area contributed by atoms with E-state index in [4.69, 9.17) is 0 Å². The van der Waals surface area contributed by atoms with Crippen LogP contribution in [0.15, 0.2) is 29.0 Å². The van der Waals surface area contributed by atoms with Gasteiger partial charge in [-0.05, 0) is 24.6 Å². The predicted molar refractivity (Wildman–Crippen MR) is 91.6 cm³/mol. The first-order valence-electron chi connectivity index (χ1n) is 7.56. The number of hydrogen-bond donors (Lipinski definition) is 1. The molecule has 1 aliphatic heterocycles. The first-order valence-corrected chi connectivity index (χ1v) is 8.50. The Kier molecular flexibility index (Phi) is 4.80. The molecule has 1 aromatic carbocycles. The number of ether oxygens (including phenoxy) is 1. The monoisotopic (exact) mass is 362 g/mol. The van der Waals surface area contributed by atoms with Gasteiger partial charge in [0.2, 0.25) is 5.91 Å². The van der Waals surface area contributed by atoms with Crippen LogP contribution in [0.2, 0.25) is 0 Å². The van der Waals surface area contributed by atoms with E-state index in [1.54, 1.807) is 10.8 Å². The minimum atomic E-state index is -0.610. The maximum atomic E-state index is 13.9. The minimum Gasteiger partial charge on any atom is -0.465 e. The molecule has 0 unspecified atom stereocenters. The molecule has 0 aliphatic carbocycles. The molecule has 130 valence electrons. The first kappa shape index (κ1) is 17.1. The highest BCUT2D eigenvalue weighted by molar-refractivity contribution is 7.08. The molecule has 2 aromatic rings. The number of esters is 1. The molecule has 3 rings (SSSR count). The lowest BCUT2D eigenvalue weighted by Gasteiger charge is -2.17. The van der Waals surface area contributed by atoms with Gasteiger partial charge in [-0.1, -0.05) is 0 Å². The van der Waals surface area contributed by atoms with E-state index in [9.17, 15) is 18.8 Å². The maximum Gasteiger partial charge on any atom is 0.340 e. The Morgan fingerprint density at radius 2 is 2.08 bits per heavy atom. The molecule has 1 fully saturated rings. The molecule has 1 aliphatic rings. The van der Waals surface area contributed by atoms with Gasteiger partial charge in [0.05, 0.1) is 18.4 Å². The van der Waals surface area contributed by atoms with Crippen molar-refractivity contribution in [2.45, 2.75) is 12.8 Å². The van der Waals surface area contributed by atoms with E-state index in [0.29, 0.717) is 30.8 Å². The van der Waals surface area contributed by atoms with Crippen LogP contribution in [0.1, 0.15) is 33.6 Å².